The van der Waals surface area contributed by atoms with Crippen LogP contribution in [0.3, 0.4) is 0 Å². The molecular formula is C11H18O11. The minimum Gasteiger partial charge on any atom is -0.479 e. The second-order valence-electron chi connectivity index (χ2n) is 5.12. The molecule has 0 saturated carbocycles. The molecule has 2 rings (SSSR count). The number of hydrogen-bond acceptors (Lipinski definition) is 10. The molecule has 2 heterocycles. The molecule has 0 aromatic heterocycles. The summed E-state index contributed by atoms with van der Waals surface area (Å²) in [7, 11) is 0. The molecule has 128 valence electrons. The Balaban J connectivity index is 2.11. The number of aliphatic carboxylic acids is 1. The summed E-state index contributed by atoms with van der Waals surface area (Å²) in [6.45, 7) is -0.376. The van der Waals surface area contributed by atoms with Crippen molar-refractivity contribution < 1.29 is 54.8 Å². The van der Waals surface area contributed by atoms with Crippen LogP contribution in [0.2, 0.25) is 0 Å². The Morgan fingerprint density at radius 1 is 0.955 bits per heavy atom. The van der Waals surface area contributed by atoms with Crippen molar-refractivity contribution in [2.45, 2.75) is 55.3 Å². The maximum Gasteiger partial charge on any atom is 0.335 e. The molecule has 11 heteroatoms. The molecule has 0 bridgehead atoms. The van der Waals surface area contributed by atoms with Crippen LogP contribution in [-0.4, -0.2) is 104 Å². The van der Waals surface area contributed by atoms with Gasteiger partial charge in [0, 0.05) is 0 Å². The Labute approximate surface area is 123 Å². The Kier molecular flexibility index (Phi) is 5.32. The van der Waals surface area contributed by atoms with Crippen molar-refractivity contribution >= 4 is 5.97 Å². The molecule has 0 amide bonds. The lowest BCUT2D eigenvalue weighted by Crippen LogP contribution is -2.63. The van der Waals surface area contributed by atoms with Crippen LogP contribution in [0.5, 0.6) is 0 Å². The lowest BCUT2D eigenvalue weighted by molar-refractivity contribution is -0.340. The summed E-state index contributed by atoms with van der Waals surface area (Å²) in [5.74, 6) is -1.60. The molecule has 7 N–H and O–H groups in total. The number of hydrogen-bond donors (Lipinski definition) is 7. The summed E-state index contributed by atoms with van der Waals surface area (Å²) >= 11 is 0. The standard InChI is InChI=1S/C11H18O11/c12-2-1-20-10(19)6(16)7(2)21-11-5(15)3(13)4(14)8(22-11)9(17)18/h2-8,10-16,19H,1H2,(H,17,18)/t2-,3+,4+,5-,6-,7+,8+,10-,11-/m1/s1. The molecule has 0 unspecified atom stereocenters. The monoisotopic (exact) mass is 326 g/mol. The quantitative estimate of drug-likeness (QED) is 0.264. The van der Waals surface area contributed by atoms with Gasteiger partial charge in [-0.05, 0) is 0 Å². The van der Waals surface area contributed by atoms with Gasteiger partial charge in [-0.3, -0.25) is 0 Å². The van der Waals surface area contributed by atoms with Gasteiger partial charge in [0.2, 0.25) is 0 Å². The summed E-state index contributed by atoms with van der Waals surface area (Å²) in [6, 6.07) is 0. The first-order valence-corrected chi connectivity index (χ1v) is 6.47. The SMILES string of the molecule is O=C(O)[C@H]1O[C@@H](O[C@@H]2[C@@H](O)[C@H](O)OC[C@H]2O)[C@H](O)[C@@H](O)[C@@H]1O. The fourth-order valence-electron chi connectivity index (χ4n) is 2.27. The van der Waals surface area contributed by atoms with Crippen LogP contribution in [0.4, 0.5) is 0 Å². The number of rotatable bonds is 3. The maximum atomic E-state index is 10.9. The smallest absolute Gasteiger partial charge is 0.335 e. The molecule has 9 atom stereocenters. The van der Waals surface area contributed by atoms with Crippen molar-refractivity contribution in [3.8, 4) is 0 Å². The van der Waals surface area contributed by atoms with E-state index in [1.165, 1.54) is 0 Å². The zero-order valence-corrected chi connectivity index (χ0v) is 11.2. The Hall–Kier alpha value is -0.890. The summed E-state index contributed by atoms with van der Waals surface area (Å²) < 4.78 is 14.6. The molecule has 0 spiro atoms. The number of aliphatic hydroxyl groups is 6. The molecular weight excluding hydrogens is 308 g/mol. The molecule has 2 fully saturated rings. The maximum absolute atomic E-state index is 10.9. The van der Waals surface area contributed by atoms with Crippen molar-refractivity contribution in [1.82, 2.24) is 0 Å². The third-order valence-corrected chi connectivity index (χ3v) is 3.55. The first kappa shape index (κ1) is 17.5. The highest BCUT2D eigenvalue weighted by atomic mass is 16.7. The lowest BCUT2D eigenvalue weighted by Gasteiger charge is -2.42. The highest BCUT2D eigenvalue weighted by Gasteiger charge is 2.50. The van der Waals surface area contributed by atoms with E-state index in [1.54, 1.807) is 0 Å². The van der Waals surface area contributed by atoms with E-state index in [4.69, 9.17) is 14.6 Å². The van der Waals surface area contributed by atoms with Gasteiger partial charge in [-0.15, -0.1) is 0 Å². The fourth-order valence-corrected chi connectivity index (χ4v) is 2.27. The van der Waals surface area contributed by atoms with Gasteiger partial charge in [0.25, 0.3) is 0 Å². The minimum atomic E-state index is -1.89. The van der Waals surface area contributed by atoms with E-state index >= 15 is 0 Å². The van der Waals surface area contributed by atoms with Gasteiger partial charge >= 0.3 is 5.97 Å². The van der Waals surface area contributed by atoms with Crippen molar-refractivity contribution in [2.75, 3.05) is 6.61 Å². The van der Waals surface area contributed by atoms with Gasteiger partial charge in [0.05, 0.1) is 6.61 Å². The second kappa shape index (κ2) is 6.70. The lowest BCUT2D eigenvalue weighted by atomic mass is 9.98. The highest BCUT2D eigenvalue weighted by molar-refractivity contribution is 5.73. The van der Waals surface area contributed by atoms with Crippen LogP contribution >= 0.6 is 0 Å². The fraction of sp³-hybridized carbons (Fsp3) is 0.909. The Morgan fingerprint density at radius 3 is 2.18 bits per heavy atom. The average molecular weight is 326 g/mol. The number of carboxylic acid groups (broad SMARTS) is 1. The molecule has 2 aliphatic heterocycles. The number of carbonyl (C=O) groups is 1. The van der Waals surface area contributed by atoms with Gasteiger partial charge in [-0.2, -0.15) is 0 Å². The molecule has 0 radical (unpaired) electrons. The highest BCUT2D eigenvalue weighted by Crippen LogP contribution is 2.26. The normalized spacial score (nSPS) is 49.8. The summed E-state index contributed by atoms with van der Waals surface area (Å²) in [4.78, 5) is 10.9. The van der Waals surface area contributed by atoms with Crippen LogP contribution in [-0.2, 0) is 19.0 Å². The van der Waals surface area contributed by atoms with Gasteiger partial charge < -0.3 is 50.0 Å². The molecule has 0 aliphatic carbocycles. The molecule has 0 aromatic rings. The first-order valence-electron chi connectivity index (χ1n) is 6.47. The molecule has 11 nitrogen and oxygen atoms in total. The van der Waals surface area contributed by atoms with E-state index in [-0.39, 0.29) is 6.61 Å². The van der Waals surface area contributed by atoms with Crippen LogP contribution in [0.1, 0.15) is 0 Å². The number of aliphatic hydroxyl groups excluding tert-OH is 6. The zero-order valence-electron chi connectivity index (χ0n) is 11.2. The van der Waals surface area contributed by atoms with Crippen LogP contribution < -0.4 is 0 Å². The predicted octanol–water partition coefficient (Wildman–Crippen LogP) is -4.67. The molecule has 0 aromatic carbocycles. The summed E-state index contributed by atoms with van der Waals surface area (Å²) in [5, 5.41) is 66.5. The van der Waals surface area contributed by atoms with Crippen molar-refractivity contribution in [1.29, 1.82) is 0 Å². The molecule has 22 heavy (non-hydrogen) atoms. The van der Waals surface area contributed by atoms with Crippen LogP contribution in [0, 0.1) is 0 Å². The molecule has 2 aliphatic rings. The van der Waals surface area contributed by atoms with Crippen molar-refractivity contribution in [3.05, 3.63) is 0 Å². The summed E-state index contributed by atoms with van der Waals surface area (Å²) in [5.41, 5.74) is 0. The van der Waals surface area contributed by atoms with Gasteiger partial charge in [0.15, 0.2) is 18.7 Å². The van der Waals surface area contributed by atoms with E-state index in [9.17, 15) is 35.4 Å². The minimum absolute atomic E-state index is 0.376. The Bertz CT molecular complexity index is 403. The largest absolute Gasteiger partial charge is 0.479 e. The van der Waals surface area contributed by atoms with Crippen LogP contribution in [0.25, 0.3) is 0 Å². The van der Waals surface area contributed by atoms with Crippen LogP contribution in [0.15, 0.2) is 0 Å². The third-order valence-electron chi connectivity index (χ3n) is 3.55. The van der Waals surface area contributed by atoms with E-state index in [1.807, 2.05) is 0 Å². The number of carboxylic acids is 1. The topological polar surface area (TPSA) is 186 Å². The molecule has 2 saturated heterocycles. The average Bonchev–Trinajstić information content (AvgIpc) is 2.47. The zero-order chi connectivity index (χ0) is 16.6. The van der Waals surface area contributed by atoms with Gasteiger partial charge in [-0.25, -0.2) is 4.79 Å². The van der Waals surface area contributed by atoms with Crippen molar-refractivity contribution in [2.24, 2.45) is 0 Å². The first-order chi connectivity index (χ1) is 10.2. The Morgan fingerprint density at radius 2 is 1.59 bits per heavy atom. The third kappa shape index (κ3) is 3.22. The number of ether oxygens (including phenoxy) is 3. The van der Waals surface area contributed by atoms with E-state index < -0.39 is 61.3 Å². The van der Waals surface area contributed by atoms with Gasteiger partial charge in [0.1, 0.15) is 36.6 Å². The van der Waals surface area contributed by atoms with Gasteiger partial charge in [-0.1, -0.05) is 0 Å². The van der Waals surface area contributed by atoms with Crippen molar-refractivity contribution in [3.63, 3.8) is 0 Å². The van der Waals surface area contributed by atoms with E-state index in [0.29, 0.717) is 0 Å². The van der Waals surface area contributed by atoms with E-state index in [0.717, 1.165) is 0 Å². The second-order valence-corrected chi connectivity index (χ2v) is 5.12. The van der Waals surface area contributed by atoms with E-state index in [2.05, 4.69) is 4.74 Å². The predicted molar refractivity (Wildman–Crippen MR) is 63.2 cm³/mol. The summed E-state index contributed by atoms with van der Waals surface area (Å²) in [6.07, 6.45) is -15.4.